The summed E-state index contributed by atoms with van der Waals surface area (Å²) in [7, 11) is 3.16. The minimum Gasteiger partial charge on any atom is -0.497 e. The molecule has 0 saturated heterocycles. The summed E-state index contributed by atoms with van der Waals surface area (Å²) in [5.74, 6) is 1.41. The molecular weight excluding hydrogens is 308 g/mol. The van der Waals surface area contributed by atoms with Crippen molar-refractivity contribution in [1.82, 2.24) is 5.32 Å². The van der Waals surface area contributed by atoms with Crippen LogP contribution in [0.5, 0.6) is 11.5 Å². The molecule has 0 bridgehead atoms. The fourth-order valence-electron chi connectivity index (χ4n) is 1.73. The van der Waals surface area contributed by atoms with Crippen LogP contribution in [0.1, 0.15) is 13.3 Å². The molecule has 1 aromatic carbocycles. The number of amides is 1. The van der Waals surface area contributed by atoms with Crippen molar-refractivity contribution in [2.75, 3.05) is 27.3 Å². The number of hydrogen-bond acceptors (Lipinski definition) is 5. The number of carbonyl (C=O) groups excluding carboxylic acids is 1. The molecule has 1 amide bonds. The van der Waals surface area contributed by atoms with Crippen LogP contribution in [-0.4, -0.2) is 45.4 Å². The molecule has 0 spiro atoms. The van der Waals surface area contributed by atoms with Crippen LogP contribution in [0.15, 0.2) is 24.3 Å². The molecule has 6 nitrogen and oxygen atoms in total. The van der Waals surface area contributed by atoms with Gasteiger partial charge in [0.05, 0.1) is 26.2 Å². The molecule has 3 N–H and O–H groups in total. The van der Waals surface area contributed by atoms with E-state index in [0.29, 0.717) is 13.1 Å². The maximum Gasteiger partial charge on any atom is 0.222 e. The Morgan fingerprint density at radius 1 is 1.23 bits per heavy atom. The molecule has 22 heavy (non-hydrogen) atoms. The number of methoxy groups -OCH3 is 2. The van der Waals surface area contributed by atoms with Gasteiger partial charge in [-0.05, 0) is 31.2 Å². The lowest BCUT2D eigenvalue weighted by atomic mass is 10.2. The smallest absolute Gasteiger partial charge is 0.222 e. The first-order chi connectivity index (χ1) is 10.1. The maximum atomic E-state index is 11.7. The predicted molar refractivity (Wildman–Crippen MR) is 87.8 cm³/mol. The average Bonchev–Trinajstić information content (AvgIpc) is 2.51. The molecular formula is C15H25ClN2O4. The maximum absolute atomic E-state index is 11.7. The van der Waals surface area contributed by atoms with Crippen LogP contribution in [0.25, 0.3) is 0 Å². The summed E-state index contributed by atoms with van der Waals surface area (Å²) >= 11 is 0. The highest BCUT2D eigenvalue weighted by molar-refractivity contribution is 5.85. The van der Waals surface area contributed by atoms with E-state index in [1.165, 1.54) is 0 Å². The van der Waals surface area contributed by atoms with E-state index in [9.17, 15) is 4.79 Å². The standard InChI is InChI=1S/C15H24N2O4.ClH/c1-11(10-17-15(18)8-14(9-16)20-3)21-13-6-4-12(19-2)5-7-13;/h4-7,11,14H,8-10,16H2,1-3H3,(H,17,18);1H. The van der Waals surface area contributed by atoms with Crippen LogP contribution in [0.2, 0.25) is 0 Å². The number of hydrogen-bond donors (Lipinski definition) is 2. The summed E-state index contributed by atoms with van der Waals surface area (Å²) in [6, 6.07) is 7.30. The number of rotatable bonds is 9. The zero-order valence-electron chi connectivity index (χ0n) is 13.2. The van der Waals surface area contributed by atoms with E-state index in [4.69, 9.17) is 19.9 Å². The monoisotopic (exact) mass is 332 g/mol. The Labute approximate surface area is 137 Å². The Balaban J connectivity index is 0.00000441. The van der Waals surface area contributed by atoms with Crippen molar-refractivity contribution in [1.29, 1.82) is 0 Å². The first kappa shape index (κ1) is 20.5. The fraction of sp³-hybridized carbons (Fsp3) is 0.533. The SMILES string of the molecule is COc1ccc(OC(C)CNC(=O)CC(CN)OC)cc1.Cl. The van der Waals surface area contributed by atoms with E-state index in [-0.39, 0.29) is 36.9 Å². The zero-order valence-corrected chi connectivity index (χ0v) is 14.0. The third kappa shape index (κ3) is 7.49. The fourth-order valence-corrected chi connectivity index (χ4v) is 1.73. The second-order valence-electron chi connectivity index (χ2n) is 4.71. The van der Waals surface area contributed by atoms with E-state index in [1.807, 2.05) is 31.2 Å². The van der Waals surface area contributed by atoms with Gasteiger partial charge in [-0.3, -0.25) is 4.79 Å². The summed E-state index contributed by atoms with van der Waals surface area (Å²) in [6.45, 7) is 2.63. The van der Waals surface area contributed by atoms with Gasteiger partial charge < -0.3 is 25.3 Å². The van der Waals surface area contributed by atoms with Gasteiger partial charge in [-0.1, -0.05) is 0 Å². The lowest BCUT2D eigenvalue weighted by Gasteiger charge is -2.17. The Bertz CT molecular complexity index is 424. The summed E-state index contributed by atoms with van der Waals surface area (Å²) in [5, 5.41) is 2.80. The van der Waals surface area contributed by atoms with E-state index in [0.717, 1.165) is 11.5 Å². The Kier molecular flexibility index (Phi) is 10.4. The van der Waals surface area contributed by atoms with Crippen molar-refractivity contribution in [3.63, 3.8) is 0 Å². The minimum absolute atomic E-state index is 0. The van der Waals surface area contributed by atoms with Crippen LogP contribution < -0.4 is 20.5 Å². The second-order valence-corrected chi connectivity index (χ2v) is 4.71. The third-order valence-electron chi connectivity index (χ3n) is 2.99. The predicted octanol–water partition coefficient (Wildman–Crippen LogP) is 1.36. The lowest BCUT2D eigenvalue weighted by Crippen LogP contribution is -2.37. The highest BCUT2D eigenvalue weighted by atomic mass is 35.5. The van der Waals surface area contributed by atoms with Crippen LogP contribution in [0.4, 0.5) is 0 Å². The topological polar surface area (TPSA) is 82.8 Å². The summed E-state index contributed by atoms with van der Waals surface area (Å²) in [5.41, 5.74) is 5.47. The number of ether oxygens (including phenoxy) is 3. The molecule has 2 unspecified atom stereocenters. The molecule has 126 valence electrons. The van der Waals surface area contributed by atoms with Gasteiger partial charge in [-0.15, -0.1) is 12.4 Å². The van der Waals surface area contributed by atoms with Crippen LogP contribution in [-0.2, 0) is 9.53 Å². The quantitative estimate of drug-likeness (QED) is 0.713. The van der Waals surface area contributed by atoms with Crippen molar-refractivity contribution in [2.24, 2.45) is 5.73 Å². The van der Waals surface area contributed by atoms with Crippen molar-refractivity contribution in [3.8, 4) is 11.5 Å². The van der Waals surface area contributed by atoms with E-state index >= 15 is 0 Å². The Morgan fingerprint density at radius 2 is 1.82 bits per heavy atom. The molecule has 0 aliphatic heterocycles. The molecule has 0 aromatic heterocycles. The average molecular weight is 333 g/mol. The molecule has 0 radical (unpaired) electrons. The third-order valence-corrected chi connectivity index (χ3v) is 2.99. The van der Waals surface area contributed by atoms with Crippen LogP contribution >= 0.6 is 12.4 Å². The molecule has 0 saturated carbocycles. The highest BCUT2D eigenvalue weighted by Gasteiger charge is 2.12. The number of benzene rings is 1. The highest BCUT2D eigenvalue weighted by Crippen LogP contribution is 2.17. The van der Waals surface area contributed by atoms with Gasteiger partial charge in [0.2, 0.25) is 5.91 Å². The van der Waals surface area contributed by atoms with Gasteiger partial charge in [0.25, 0.3) is 0 Å². The van der Waals surface area contributed by atoms with E-state index in [2.05, 4.69) is 5.32 Å². The van der Waals surface area contributed by atoms with Crippen molar-refractivity contribution >= 4 is 18.3 Å². The molecule has 0 heterocycles. The molecule has 7 heteroatoms. The van der Waals surface area contributed by atoms with Crippen molar-refractivity contribution < 1.29 is 19.0 Å². The number of nitrogens with one attached hydrogen (secondary N) is 1. The molecule has 0 aliphatic carbocycles. The van der Waals surface area contributed by atoms with Gasteiger partial charge in [-0.2, -0.15) is 0 Å². The zero-order chi connectivity index (χ0) is 15.7. The number of nitrogens with two attached hydrogens (primary N) is 1. The molecule has 1 rings (SSSR count). The van der Waals surface area contributed by atoms with Crippen molar-refractivity contribution in [2.45, 2.75) is 25.6 Å². The van der Waals surface area contributed by atoms with Gasteiger partial charge in [-0.25, -0.2) is 0 Å². The molecule has 0 fully saturated rings. The Hall–Kier alpha value is -1.50. The van der Waals surface area contributed by atoms with Gasteiger partial charge >= 0.3 is 0 Å². The minimum atomic E-state index is -0.247. The largest absolute Gasteiger partial charge is 0.497 e. The number of carbonyl (C=O) groups is 1. The van der Waals surface area contributed by atoms with Gasteiger partial charge in [0, 0.05) is 13.7 Å². The van der Waals surface area contributed by atoms with E-state index < -0.39 is 0 Å². The van der Waals surface area contributed by atoms with E-state index in [1.54, 1.807) is 14.2 Å². The van der Waals surface area contributed by atoms with Gasteiger partial charge in [0.15, 0.2) is 0 Å². The first-order valence-corrected chi connectivity index (χ1v) is 6.89. The summed E-state index contributed by atoms with van der Waals surface area (Å²) in [6.07, 6.45) is -0.133. The van der Waals surface area contributed by atoms with Crippen molar-refractivity contribution in [3.05, 3.63) is 24.3 Å². The summed E-state index contributed by atoms with van der Waals surface area (Å²) < 4.78 is 15.8. The van der Waals surface area contributed by atoms with Gasteiger partial charge in [0.1, 0.15) is 17.6 Å². The van der Waals surface area contributed by atoms with Crippen LogP contribution in [0, 0.1) is 0 Å². The lowest BCUT2D eigenvalue weighted by molar-refractivity contribution is -0.123. The van der Waals surface area contributed by atoms with Crippen LogP contribution in [0.3, 0.4) is 0 Å². The second kappa shape index (κ2) is 11.1. The molecule has 0 aliphatic rings. The molecule has 2 atom stereocenters. The Morgan fingerprint density at radius 3 is 2.32 bits per heavy atom. The molecule has 1 aromatic rings. The summed E-state index contributed by atoms with van der Waals surface area (Å²) in [4.78, 5) is 11.7. The first-order valence-electron chi connectivity index (χ1n) is 6.89. The number of halogens is 1. The normalized spacial score (nSPS) is 12.7.